The number of nitrogens with two attached hydrogens (primary N) is 1. The molecule has 102 valence electrons. The van der Waals surface area contributed by atoms with E-state index in [-0.39, 0.29) is 11.9 Å². The third kappa shape index (κ3) is 2.36. The number of rotatable bonds is 3. The number of carbonyl (C=O) groups is 1. The standard InChI is InChI=1S/C13H24N4O/c1-9(2)8-13(3)11(18)17(12(14)16-13)10-4-6-15-7-5-10/h9-10,15H,4-8H2,1-3H3,(H2,14,16). The number of nitrogens with one attached hydrogen (secondary N) is 1. The van der Waals surface area contributed by atoms with E-state index in [0.29, 0.717) is 11.9 Å². The maximum Gasteiger partial charge on any atom is 0.257 e. The number of amides is 1. The minimum Gasteiger partial charge on any atom is -0.369 e. The van der Waals surface area contributed by atoms with Crippen molar-refractivity contribution in [3.63, 3.8) is 0 Å². The van der Waals surface area contributed by atoms with E-state index in [1.54, 1.807) is 4.90 Å². The third-order valence-corrected chi connectivity index (χ3v) is 3.77. The molecule has 1 amide bonds. The second kappa shape index (κ2) is 4.88. The molecule has 2 aliphatic rings. The number of nitrogens with zero attached hydrogens (tertiary/aromatic N) is 2. The van der Waals surface area contributed by atoms with E-state index in [4.69, 9.17) is 5.73 Å². The minimum atomic E-state index is -0.650. The molecule has 5 nitrogen and oxygen atoms in total. The summed E-state index contributed by atoms with van der Waals surface area (Å²) in [6.07, 6.45) is 2.67. The Morgan fingerprint density at radius 3 is 2.67 bits per heavy atom. The lowest BCUT2D eigenvalue weighted by molar-refractivity contribution is -0.133. The van der Waals surface area contributed by atoms with Gasteiger partial charge in [-0.05, 0) is 45.2 Å². The first-order valence-corrected chi connectivity index (χ1v) is 6.84. The first kappa shape index (κ1) is 13.3. The molecule has 0 aromatic rings. The van der Waals surface area contributed by atoms with Crippen molar-refractivity contribution in [3.05, 3.63) is 0 Å². The lowest BCUT2D eigenvalue weighted by atomic mass is 9.90. The van der Waals surface area contributed by atoms with E-state index >= 15 is 0 Å². The molecular formula is C13H24N4O. The molecule has 2 aliphatic heterocycles. The van der Waals surface area contributed by atoms with Gasteiger partial charge in [0, 0.05) is 6.04 Å². The van der Waals surface area contributed by atoms with Gasteiger partial charge in [0.15, 0.2) is 5.96 Å². The highest BCUT2D eigenvalue weighted by molar-refractivity contribution is 6.06. The highest BCUT2D eigenvalue weighted by Crippen LogP contribution is 2.31. The number of hydrogen-bond donors (Lipinski definition) is 2. The molecule has 1 unspecified atom stereocenters. The number of carbonyl (C=O) groups excluding carboxylic acids is 1. The van der Waals surface area contributed by atoms with Crippen LogP contribution in [0.5, 0.6) is 0 Å². The van der Waals surface area contributed by atoms with E-state index < -0.39 is 5.54 Å². The normalized spacial score (nSPS) is 30.1. The van der Waals surface area contributed by atoms with Gasteiger partial charge >= 0.3 is 0 Å². The second-order valence-electron chi connectivity index (χ2n) is 6.00. The fourth-order valence-electron chi connectivity index (χ4n) is 3.06. The predicted molar refractivity (Wildman–Crippen MR) is 72.2 cm³/mol. The highest BCUT2D eigenvalue weighted by atomic mass is 16.2. The summed E-state index contributed by atoms with van der Waals surface area (Å²) in [5, 5.41) is 3.30. The summed E-state index contributed by atoms with van der Waals surface area (Å²) in [5.41, 5.74) is 5.34. The Balaban J connectivity index is 2.15. The average molecular weight is 252 g/mol. The highest BCUT2D eigenvalue weighted by Gasteiger charge is 2.46. The maximum absolute atomic E-state index is 12.6. The van der Waals surface area contributed by atoms with Gasteiger partial charge in [0.25, 0.3) is 5.91 Å². The van der Waals surface area contributed by atoms with Gasteiger partial charge in [-0.3, -0.25) is 9.69 Å². The van der Waals surface area contributed by atoms with Crippen LogP contribution in [0.15, 0.2) is 4.99 Å². The van der Waals surface area contributed by atoms with Crippen LogP contribution in [0.3, 0.4) is 0 Å². The molecule has 3 N–H and O–H groups in total. The molecule has 0 radical (unpaired) electrons. The molecule has 0 spiro atoms. The van der Waals surface area contributed by atoms with Crippen LogP contribution in [0.2, 0.25) is 0 Å². The van der Waals surface area contributed by atoms with E-state index in [1.165, 1.54) is 0 Å². The monoisotopic (exact) mass is 252 g/mol. The number of hydrogen-bond acceptors (Lipinski definition) is 4. The Labute approximate surface area is 109 Å². The third-order valence-electron chi connectivity index (χ3n) is 3.77. The van der Waals surface area contributed by atoms with Crippen molar-refractivity contribution in [3.8, 4) is 0 Å². The number of guanidine groups is 1. The van der Waals surface area contributed by atoms with Crippen molar-refractivity contribution < 1.29 is 4.79 Å². The fraction of sp³-hybridized carbons (Fsp3) is 0.846. The number of piperidine rings is 1. The Hall–Kier alpha value is -1.10. The van der Waals surface area contributed by atoms with Crippen LogP contribution < -0.4 is 11.1 Å². The van der Waals surface area contributed by atoms with Gasteiger partial charge in [-0.15, -0.1) is 0 Å². The van der Waals surface area contributed by atoms with Crippen LogP contribution in [0.25, 0.3) is 0 Å². The molecule has 0 aliphatic carbocycles. The molecule has 18 heavy (non-hydrogen) atoms. The van der Waals surface area contributed by atoms with Crippen LogP contribution in [-0.2, 0) is 4.79 Å². The molecule has 0 saturated carbocycles. The van der Waals surface area contributed by atoms with Crippen molar-refractivity contribution in [2.75, 3.05) is 13.1 Å². The summed E-state index contributed by atoms with van der Waals surface area (Å²) < 4.78 is 0. The van der Waals surface area contributed by atoms with Crippen molar-refractivity contribution in [1.29, 1.82) is 0 Å². The van der Waals surface area contributed by atoms with Gasteiger partial charge in [-0.1, -0.05) is 13.8 Å². The summed E-state index contributed by atoms with van der Waals surface area (Å²) in [6, 6.07) is 0.219. The lowest BCUT2D eigenvalue weighted by Gasteiger charge is -2.32. The average Bonchev–Trinajstić information content (AvgIpc) is 2.49. The molecule has 0 aromatic carbocycles. The molecule has 1 saturated heterocycles. The van der Waals surface area contributed by atoms with Crippen LogP contribution in [0.1, 0.15) is 40.0 Å². The zero-order valence-corrected chi connectivity index (χ0v) is 11.6. The van der Waals surface area contributed by atoms with Gasteiger partial charge in [-0.2, -0.15) is 0 Å². The zero-order valence-electron chi connectivity index (χ0n) is 11.6. The van der Waals surface area contributed by atoms with Crippen LogP contribution >= 0.6 is 0 Å². The van der Waals surface area contributed by atoms with Gasteiger partial charge in [0.05, 0.1) is 0 Å². The van der Waals surface area contributed by atoms with E-state index in [1.807, 2.05) is 6.92 Å². The SMILES string of the molecule is CC(C)CC1(C)N=C(N)N(C2CCNCC2)C1=O. The topological polar surface area (TPSA) is 70.7 Å². The summed E-state index contributed by atoms with van der Waals surface area (Å²) in [6.45, 7) is 8.02. The van der Waals surface area contributed by atoms with Crippen molar-refractivity contribution in [2.24, 2.45) is 16.6 Å². The largest absolute Gasteiger partial charge is 0.369 e. The van der Waals surface area contributed by atoms with Crippen LogP contribution in [0, 0.1) is 5.92 Å². The molecule has 2 heterocycles. The Bertz CT molecular complexity index is 360. The van der Waals surface area contributed by atoms with E-state index in [0.717, 1.165) is 32.4 Å². The summed E-state index contributed by atoms with van der Waals surface area (Å²) in [5.74, 6) is 0.930. The van der Waals surface area contributed by atoms with Gasteiger partial charge in [-0.25, -0.2) is 4.99 Å². The van der Waals surface area contributed by atoms with Gasteiger partial charge < -0.3 is 11.1 Å². The molecule has 0 aromatic heterocycles. The maximum atomic E-state index is 12.6. The number of aliphatic imine (C=N–C) groups is 1. The van der Waals surface area contributed by atoms with E-state index in [2.05, 4.69) is 24.2 Å². The first-order valence-electron chi connectivity index (χ1n) is 6.84. The molecule has 1 fully saturated rings. The summed E-state index contributed by atoms with van der Waals surface area (Å²) in [7, 11) is 0. The van der Waals surface area contributed by atoms with Crippen molar-refractivity contribution in [1.82, 2.24) is 10.2 Å². The molecular weight excluding hydrogens is 228 g/mol. The van der Waals surface area contributed by atoms with E-state index in [9.17, 15) is 4.79 Å². The quantitative estimate of drug-likeness (QED) is 0.776. The first-order chi connectivity index (χ1) is 8.44. The molecule has 1 atom stereocenters. The summed E-state index contributed by atoms with van der Waals surface area (Å²) >= 11 is 0. The Morgan fingerprint density at radius 1 is 1.50 bits per heavy atom. The zero-order chi connectivity index (χ0) is 13.3. The molecule has 0 bridgehead atoms. The van der Waals surface area contributed by atoms with Crippen LogP contribution in [0.4, 0.5) is 0 Å². The summed E-state index contributed by atoms with van der Waals surface area (Å²) in [4.78, 5) is 18.8. The lowest BCUT2D eigenvalue weighted by Crippen LogP contribution is -2.52. The fourth-order valence-corrected chi connectivity index (χ4v) is 3.06. The Morgan fingerprint density at radius 2 is 2.11 bits per heavy atom. The van der Waals surface area contributed by atoms with Crippen LogP contribution in [-0.4, -0.2) is 41.4 Å². The molecule has 5 heteroatoms. The van der Waals surface area contributed by atoms with Crippen molar-refractivity contribution >= 4 is 11.9 Å². The minimum absolute atomic E-state index is 0.0839. The van der Waals surface area contributed by atoms with Gasteiger partial charge in [0.2, 0.25) is 0 Å². The van der Waals surface area contributed by atoms with Crippen molar-refractivity contribution in [2.45, 2.75) is 51.6 Å². The smallest absolute Gasteiger partial charge is 0.257 e. The molecule has 2 rings (SSSR count). The second-order valence-corrected chi connectivity index (χ2v) is 6.00. The van der Waals surface area contributed by atoms with Gasteiger partial charge in [0.1, 0.15) is 5.54 Å². The predicted octanol–water partition coefficient (Wildman–Crippen LogP) is 0.700. The Kier molecular flexibility index (Phi) is 3.61.